The molecule has 2 heterocycles. The summed E-state index contributed by atoms with van der Waals surface area (Å²) in [5, 5.41) is 10.2. The van der Waals surface area contributed by atoms with E-state index in [1.807, 2.05) is 48.5 Å². The Morgan fingerprint density at radius 3 is 2.74 bits per heavy atom. The van der Waals surface area contributed by atoms with Crippen LogP contribution in [-0.2, 0) is 0 Å². The lowest BCUT2D eigenvalue weighted by Gasteiger charge is -2.16. The highest BCUT2D eigenvalue weighted by molar-refractivity contribution is 6.09. The number of hydrogen-bond donors (Lipinski definition) is 3. The average Bonchev–Trinajstić information content (AvgIpc) is 3.04. The van der Waals surface area contributed by atoms with Crippen LogP contribution in [0.3, 0.4) is 0 Å². The highest BCUT2D eigenvalue weighted by Crippen LogP contribution is 2.32. The molecular weight excluding hydrogens is 242 g/mol. The molecule has 0 aliphatic rings. The molecule has 0 saturated heterocycles. The molecule has 0 aliphatic heterocycles. The first-order chi connectivity index (χ1) is 9.18. The van der Waals surface area contributed by atoms with E-state index >= 15 is 0 Å². The Morgan fingerprint density at radius 2 is 2.05 bits per heavy atom. The first kappa shape index (κ1) is 11.4. The lowest BCUT2D eigenvalue weighted by atomic mass is 10.1. The van der Waals surface area contributed by atoms with E-state index in [4.69, 9.17) is 0 Å². The molecule has 0 unspecified atom stereocenters. The number of rotatable bonds is 3. The monoisotopic (exact) mass is 255 g/mol. The molecule has 0 saturated carbocycles. The van der Waals surface area contributed by atoms with Gasteiger partial charge in [-0.3, -0.25) is 0 Å². The SMILES string of the molecule is CN(c1cc[nH]c1)c1[nH]c2ccccc2c1C(=O)O. The van der Waals surface area contributed by atoms with Gasteiger partial charge in [0.25, 0.3) is 0 Å². The molecule has 0 atom stereocenters. The Bertz CT molecular complexity index is 728. The molecular formula is C14H13N3O2. The number of aromatic carboxylic acids is 1. The van der Waals surface area contributed by atoms with E-state index in [1.165, 1.54) is 0 Å². The van der Waals surface area contributed by atoms with Gasteiger partial charge in [0, 0.05) is 30.3 Å². The van der Waals surface area contributed by atoms with Crippen molar-refractivity contribution in [2.24, 2.45) is 0 Å². The lowest BCUT2D eigenvalue weighted by molar-refractivity contribution is 0.0700. The molecule has 3 aromatic rings. The second-order valence-electron chi connectivity index (χ2n) is 4.33. The minimum absolute atomic E-state index is 0.291. The van der Waals surface area contributed by atoms with Crippen LogP contribution >= 0.6 is 0 Å². The number of fused-ring (bicyclic) bond motifs is 1. The zero-order valence-electron chi connectivity index (χ0n) is 10.3. The smallest absolute Gasteiger partial charge is 0.340 e. The van der Waals surface area contributed by atoms with Crippen molar-refractivity contribution in [1.82, 2.24) is 9.97 Å². The van der Waals surface area contributed by atoms with Gasteiger partial charge in [-0.15, -0.1) is 0 Å². The minimum Gasteiger partial charge on any atom is -0.478 e. The summed E-state index contributed by atoms with van der Waals surface area (Å²) in [6, 6.07) is 9.28. The number of hydrogen-bond acceptors (Lipinski definition) is 2. The van der Waals surface area contributed by atoms with E-state index < -0.39 is 5.97 Å². The molecule has 2 aromatic heterocycles. The van der Waals surface area contributed by atoms with Crippen LogP contribution in [0.2, 0.25) is 0 Å². The summed E-state index contributed by atoms with van der Waals surface area (Å²) in [5.41, 5.74) is 2.01. The van der Waals surface area contributed by atoms with Crippen molar-refractivity contribution in [2.75, 3.05) is 11.9 Å². The van der Waals surface area contributed by atoms with E-state index in [0.717, 1.165) is 11.2 Å². The first-order valence-corrected chi connectivity index (χ1v) is 5.89. The molecule has 0 fully saturated rings. The summed E-state index contributed by atoms with van der Waals surface area (Å²) in [6.45, 7) is 0. The number of carbonyl (C=O) groups is 1. The van der Waals surface area contributed by atoms with Gasteiger partial charge >= 0.3 is 5.97 Å². The largest absolute Gasteiger partial charge is 0.478 e. The zero-order chi connectivity index (χ0) is 13.4. The van der Waals surface area contributed by atoms with Crippen molar-refractivity contribution >= 4 is 28.4 Å². The van der Waals surface area contributed by atoms with Crippen molar-refractivity contribution < 1.29 is 9.90 Å². The van der Waals surface area contributed by atoms with Crippen LogP contribution < -0.4 is 4.90 Å². The van der Waals surface area contributed by atoms with Gasteiger partial charge in [-0.05, 0) is 12.1 Å². The van der Waals surface area contributed by atoms with E-state index in [2.05, 4.69) is 9.97 Å². The summed E-state index contributed by atoms with van der Waals surface area (Å²) in [4.78, 5) is 19.5. The van der Waals surface area contributed by atoms with Crippen LogP contribution in [0, 0.1) is 0 Å². The van der Waals surface area contributed by atoms with E-state index in [9.17, 15) is 9.90 Å². The highest BCUT2D eigenvalue weighted by Gasteiger charge is 2.21. The second-order valence-corrected chi connectivity index (χ2v) is 4.33. The summed E-state index contributed by atoms with van der Waals surface area (Å²) in [7, 11) is 1.83. The van der Waals surface area contributed by atoms with Crippen LogP contribution in [-0.4, -0.2) is 28.1 Å². The Hall–Kier alpha value is -2.69. The van der Waals surface area contributed by atoms with Gasteiger partial charge in [-0.2, -0.15) is 0 Å². The zero-order valence-corrected chi connectivity index (χ0v) is 10.3. The normalized spacial score (nSPS) is 10.8. The first-order valence-electron chi connectivity index (χ1n) is 5.89. The minimum atomic E-state index is -0.935. The standard InChI is InChI=1S/C14H13N3O2/c1-17(9-6-7-15-8-9)13-12(14(18)19)10-4-2-3-5-11(10)16-13/h2-8,15-16H,1H3,(H,18,19). The maximum absolute atomic E-state index is 11.5. The third-order valence-corrected chi connectivity index (χ3v) is 3.20. The third-order valence-electron chi connectivity index (χ3n) is 3.20. The topological polar surface area (TPSA) is 72.1 Å². The number of nitrogens with zero attached hydrogens (tertiary/aromatic N) is 1. The number of anilines is 2. The molecule has 3 N–H and O–H groups in total. The Labute approximate surface area is 109 Å². The number of carboxylic acid groups (broad SMARTS) is 1. The third kappa shape index (κ3) is 1.76. The molecule has 5 heteroatoms. The van der Waals surface area contributed by atoms with Crippen molar-refractivity contribution in [2.45, 2.75) is 0 Å². The predicted octanol–water partition coefficient (Wildman–Crippen LogP) is 2.96. The summed E-state index contributed by atoms with van der Waals surface area (Å²) in [5.74, 6) is -0.358. The Morgan fingerprint density at radius 1 is 1.26 bits per heavy atom. The van der Waals surface area contributed by atoms with Gasteiger partial charge in [-0.1, -0.05) is 18.2 Å². The number of carboxylic acids is 1. The molecule has 19 heavy (non-hydrogen) atoms. The van der Waals surface area contributed by atoms with Gasteiger partial charge in [-0.25, -0.2) is 4.79 Å². The van der Waals surface area contributed by atoms with Crippen LogP contribution in [0.25, 0.3) is 10.9 Å². The second kappa shape index (κ2) is 4.20. The molecule has 96 valence electrons. The fourth-order valence-electron chi connectivity index (χ4n) is 2.25. The average molecular weight is 255 g/mol. The summed E-state index contributed by atoms with van der Waals surface area (Å²) in [6.07, 6.45) is 3.62. The number of aromatic nitrogens is 2. The molecule has 3 rings (SSSR count). The van der Waals surface area contributed by atoms with Gasteiger partial charge in [0.15, 0.2) is 0 Å². The lowest BCUT2D eigenvalue weighted by Crippen LogP contribution is -2.13. The maximum Gasteiger partial charge on any atom is 0.340 e. The van der Waals surface area contributed by atoms with Gasteiger partial charge in [0.05, 0.1) is 5.69 Å². The number of H-pyrrole nitrogens is 2. The highest BCUT2D eigenvalue weighted by atomic mass is 16.4. The van der Waals surface area contributed by atoms with Gasteiger partial charge in [0.1, 0.15) is 11.4 Å². The Kier molecular flexibility index (Phi) is 2.52. The molecule has 0 spiro atoms. The van der Waals surface area contributed by atoms with E-state index in [0.29, 0.717) is 16.8 Å². The predicted molar refractivity (Wildman–Crippen MR) is 74.1 cm³/mol. The molecule has 0 radical (unpaired) electrons. The molecule has 0 bridgehead atoms. The van der Waals surface area contributed by atoms with Gasteiger partial charge in [0.2, 0.25) is 0 Å². The Balaban J connectivity index is 2.23. The number of benzene rings is 1. The molecule has 1 aromatic carbocycles. The van der Waals surface area contributed by atoms with Crippen molar-refractivity contribution in [3.05, 3.63) is 48.3 Å². The van der Waals surface area contributed by atoms with Crippen LogP contribution in [0.5, 0.6) is 0 Å². The fourth-order valence-corrected chi connectivity index (χ4v) is 2.25. The summed E-state index contributed by atoms with van der Waals surface area (Å²) >= 11 is 0. The number of para-hydroxylation sites is 1. The van der Waals surface area contributed by atoms with Crippen LogP contribution in [0.4, 0.5) is 11.5 Å². The fraction of sp³-hybridized carbons (Fsp3) is 0.0714. The van der Waals surface area contributed by atoms with Crippen molar-refractivity contribution in [3.63, 3.8) is 0 Å². The van der Waals surface area contributed by atoms with Crippen molar-refractivity contribution in [1.29, 1.82) is 0 Å². The van der Waals surface area contributed by atoms with Crippen molar-refractivity contribution in [3.8, 4) is 0 Å². The van der Waals surface area contributed by atoms with Crippen LogP contribution in [0.1, 0.15) is 10.4 Å². The number of nitrogens with one attached hydrogen (secondary N) is 2. The molecule has 0 aliphatic carbocycles. The molecule has 5 nitrogen and oxygen atoms in total. The summed E-state index contributed by atoms with van der Waals surface area (Å²) < 4.78 is 0. The van der Waals surface area contributed by atoms with E-state index in [1.54, 1.807) is 6.20 Å². The quantitative estimate of drug-likeness (QED) is 0.673. The molecule has 0 amide bonds. The maximum atomic E-state index is 11.5. The van der Waals surface area contributed by atoms with Gasteiger partial charge < -0.3 is 20.0 Å². The van der Waals surface area contributed by atoms with Crippen LogP contribution in [0.15, 0.2) is 42.7 Å². The number of aromatic amines is 2. The van der Waals surface area contributed by atoms with E-state index in [-0.39, 0.29) is 0 Å².